The molecule has 1 aromatic heterocycles. The van der Waals surface area contributed by atoms with Crippen molar-refractivity contribution in [1.82, 2.24) is 14.8 Å². The number of nitrogens with one attached hydrogen (secondary N) is 1. The van der Waals surface area contributed by atoms with Crippen molar-refractivity contribution >= 4 is 28.3 Å². The number of carbonyl (C=O) groups excluding carboxylic acids is 1. The SMILES string of the molecule is COc1ccc(N/N=C(\Sc2nnc(-c3ccccc3)n2-c2ccccc2)C(C)=O)cc1. The van der Waals surface area contributed by atoms with Gasteiger partial charge in [-0.2, -0.15) is 5.10 Å². The Hall–Kier alpha value is -3.91. The molecular formula is C24H21N5O2S. The first-order valence-corrected chi connectivity index (χ1v) is 10.7. The first-order valence-electron chi connectivity index (χ1n) is 9.88. The molecule has 7 nitrogen and oxygen atoms in total. The Balaban J connectivity index is 1.68. The standard InChI is InChI=1S/C24H21N5O2S/c1-17(30)23(27-25-19-13-15-21(31-2)16-14-19)32-24-28-26-22(18-9-5-3-6-10-18)29(24)20-11-7-4-8-12-20/h3-16,25H,1-2H3/b27-23-. The molecule has 0 aliphatic rings. The van der Waals surface area contributed by atoms with Crippen LogP contribution in [0.4, 0.5) is 5.69 Å². The number of ketones is 1. The highest BCUT2D eigenvalue weighted by Crippen LogP contribution is 2.29. The second-order valence-corrected chi connectivity index (χ2v) is 7.71. The molecule has 160 valence electrons. The predicted octanol–water partition coefficient (Wildman–Crippen LogP) is 5.05. The number of aromatic nitrogens is 3. The number of thioether (sulfide) groups is 1. The van der Waals surface area contributed by atoms with E-state index in [-0.39, 0.29) is 10.8 Å². The summed E-state index contributed by atoms with van der Waals surface area (Å²) >= 11 is 1.16. The molecule has 1 N–H and O–H groups in total. The summed E-state index contributed by atoms with van der Waals surface area (Å²) in [6.07, 6.45) is 0. The molecule has 0 saturated heterocycles. The zero-order valence-electron chi connectivity index (χ0n) is 17.6. The zero-order chi connectivity index (χ0) is 22.3. The van der Waals surface area contributed by atoms with E-state index in [1.54, 1.807) is 7.11 Å². The molecule has 0 fully saturated rings. The number of carbonyl (C=O) groups is 1. The average Bonchev–Trinajstić information content (AvgIpc) is 3.26. The number of methoxy groups -OCH3 is 1. The number of para-hydroxylation sites is 1. The smallest absolute Gasteiger partial charge is 0.202 e. The molecule has 4 aromatic rings. The van der Waals surface area contributed by atoms with Gasteiger partial charge in [0.2, 0.25) is 5.16 Å². The van der Waals surface area contributed by atoms with Crippen LogP contribution in [0, 0.1) is 0 Å². The Labute approximate surface area is 190 Å². The van der Waals surface area contributed by atoms with Crippen LogP contribution < -0.4 is 10.2 Å². The zero-order valence-corrected chi connectivity index (χ0v) is 18.4. The molecule has 0 saturated carbocycles. The van der Waals surface area contributed by atoms with Crippen molar-refractivity contribution in [3.63, 3.8) is 0 Å². The van der Waals surface area contributed by atoms with E-state index in [4.69, 9.17) is 4.74 Å². The largest absolute Gasteiger partial charge is 0.497 e. The molecule has 0 atom stereocenters. The van der Waals surface area contributed by atoms with Crippen LogP contribution in [0.2, 0.25) is 0 Å². The van der Waals surface area contributed by atoms with Gasteiger partial charge in [-0.1, -0.05) is 48.5 Å². The summed E-state index contributed by atoms with van der Waals surface area (Å²) in [5.74, 6) is 1.25. The summed E-state index contributed by atoms with van der Waals surface area (Å²) in [7, 11) is 1.61. The molecule has 4 rings (SSSR count). The fourth-order valence-corrected chi connectivity index (χ4v) is 3.73. The Kier molecular flexibility index (Phi) is 6.62. The molecule has 3 aromatic carbocycles. The lowest BCUT2D eigenvalue weighted by Crippen LogP contribution is -2.10. The van der Waals surface area contributed by atoms with Crippen molar-refractivity contribution in [3.05, 3.63) is 84.9 Å². The van der Waals surface area contributed by atoms with Crippen LogP contribution in [-0.2, 0) is 4.79 Å². The fraction of sp³-hybridized carbons (Fsp3) is 0.0833. The Bertz CT molecular complexity index is 1220. The third-order valence-corrected chi connectivity index (χ3v) is 5.56. The summed E-state index contributed by atoms with van der Waals surface area (Å²) < 4.78 is 7.09. The molecule has 0 aliphatic carbocycles. The lowest BCUT2D eigenvalue weighted by molar-refractivity contribution is -0.110. The number of hydrogen-bond acceptors (Lipinski definition) is 7. The van der Waals surface area contributed by atoms with Gasteiger partial charge in [-0.05, 0) is 48.2 Å². The van der Waals surface area contributed by atoms with Crippen molar-refractivity contribution in [2.75, 3.05) is 12.5 Å². The third kappa shape index (κ3) is 4.87. The van der Waals surface area contributed by atoms with Gasteiger partial charge in [0.15, 0.2) is 16.7 Å². The molecule has 8 heteroatoms. The maximum absolute atomic E-state index is 12.3. The van der Waals surface area contributed by atoms with E-state index in [0.717, 1.165) is 34.4 Å². The third-order valence-electron chi connectivity index (χ3n) is 4.55. The van der Waals surface area contributed by atoms with Gasteiger partial charge in [-0.15, -0.1) is 10.2 Å². The number of rotatable bonds is 7. The summed E-state index contributed by atoms with van der Waals surface area (Å²) in [6.45, 7) is 1.48. The first-order chi connectivity index (χ1) is 15.7. The van der Waals surface area contributed by atoms with Gasteiger partial charge < -0.3 is 4.74 Å². The van der Waals surface area contributed by atoms with Crippen LogP contribution in [-0.4, -0.2) is 32.7 Å². The average molecular weight is 444 g/mol. The fourth-order valence-electron chi connectivity index (χ4n) is 2.96. The van der Waals surface area contributed by atoms with Gasteiger partial charge in [-0.25, -0.2) is 0 Å². The van der Waals surface area contributed by atoms with E-state index in [1.165, 1.54) is 6.92 Å². The molecule has 0 spiro atoms. The number of hydrazone groups is 1. The number of benzene rings is 3. The summed E-state index contributed by atoms with van der Waals surface area (Å²) in [6, 6.07) is 26.9. The summed E-state index contributed by atoms with van der Waals surface area (Å²) in [5, 5.41) is 13.9. The topological polar surface area (TPSA) is 81.4 Å². The maximum Gasteiger partial charge on any atom is 0.202 e. The molecule has 0 bridgehead atoms. The van der Waals surface area contributed by atoms with Crippen molar-refractivity contribution in [3.8, 4) is 22.8 Å². The van der Waals surface area contributed by atoms with Crippen LogP contribution in [0.15, 0.2) is 95.2 Å². The van der Waals surface area contributed by atoms with E-state index >= 15 is 0 Å². The second-order valence-electron chi connectivity index (χ2n) is 6.76. The van der Waals surface area contributed by atoms with Gasteiger partial charge in [0.25, 0.3) is 0 Å². The molecule has 0 aliphatic heterocycles. The highest BCUT2D eigenvalue weighted by molar-refractivity contribution is 8.15. The lowest BCUT2D eigenvalue weighted by Gasteiger charge is -2.10. The summed E-state index contributed by atoms with van der Waals surface area (Å²) in [5.41, 5.74) is 5.48. The number of hydrogen-bond donors (Lipinski definition) is 1. The molecule has 0 amide bonds. The van der Waals surface area contributed by atoms with E-state index in [0.29, 0.717) is 11.0 Å². The van der Waals surface area contributed by atoms with Crippen molar-refractivity contribution < 1.29 is 9.53 Å². The number of Topliss-reactive ketones (excluding diaryl/α,β-unsaturated/α-hetero) is 1. The quantitative estimate of drug-likeness (QED) is 0.186. The van der Waals surface area contributed by atoms with E-state index < -0.39 is 0 Å². The maximum atomic E-state index is 12.3. The van der Waals surface area contributed by atoms with Crippen molar-refractivity contribution in [2.45, 2.75) is 12.1 Å². The minimum atomic E-state index is -0.181. The predicted molar refractivity (Wildman–Crippen MR) is 127 cm³/mol. The molecular weight excluding hydrogens is 422 g/mol. The highest BCUT2D eigenvalue weighted by atomic mass is 32.2. The van der Waals surface area contributed by atoms with Crippen LogP contribution in [0.5, 0.6) is 5.75 Å². The number of nitrogens with zero attached hydrogens (tertiary/aromatic N) is 4. The Morgan fingerprint density at radius 2 is 1.59 bits per heavy atom. The normalized spacial score (nSPS) is 11.2. The molecule has 32 heavy (non-hydrogen) atoms. The molecule has 0 radical (unpaired) electrons. The molecule has 0 unspecified atom stereocenters. The highest BCUT2D eigenvalue weighted by Gasteiger charge is 2.20. The van der Waals surface area contributed by atoms with E-state index in [1.807, 2.05) is 89.5 Å². The van der Waals surface area contributed by atoms with Gasteiger partial charge in [-0.3, -0.25) is 14.8 Å². The van der Waals surface area contributed by atoms with Crippen LogP contribution in [0.1, 0.15) is 6.92 Å². The van der Waals surface area contributed by atoms with Crippen molar-refractivity contribution in [2.24, 2.45) is 5.10 Å². The summed E-state index contributed by atoms with van der Waals surface area (Å²) in [4.78, 5) is 12.3. The van der Waals surface area contributed by atoms with Crippen LogP contribution in [0.3, 0.4) is 0 Å². The van der Waals surface area contributed by atoms with E-state index in [9.17, 15) is 4.79 Å². The second kappa shape index (κ2) is 9.93. The Morgan fingerprint density at radius 1 is 0.938 bits per heavy atom. The van der Waals surface area contributed by atoms with Gasteiger partial charge in [0, 0.05) is 18.2 Å². The molecule has 1 heterocycles. The monoisotopic (exact) mass is 443 g/mol. The van der Waals surface area contributed by atoms with E-state index in [2.05, 4.69) is 20.7 Å². The number of anilines is 1. The van der Waals surface area contributed by atoms with Crippen LogP contribution in [0.25, 0.3) is 17.1 Å². The Morgan fingerprint density at radius 3 is 2.22 bits per heavy atom. The minimum absolute atomic E-state index is 0.181. The lowest BCUT2D eigenvalue weighted by atomic mass is 10.2. The van der Waals surface area contributed by atoms with Crippen molar-refractivity contribution in [1.29, 1.82) is 0 Å². The number of ether oxygens (including phenoxy) is 1. The van der Waals surface area contributed by atoms with Gasteiger partial charge in [0.05, 0.1) is 12.8 Å². The minimum Gasteiger partial charge on any atom is -0.497 e. The van der Waals surface area contributed by atoms with Gasteiger partial charge >= 0.3 is 0 Å². The van der Waals surface area contributed by atoms with Gasteiger partial charge in [0.1, 0.15) is 5.75 Å². The first kappa shape index (κ1) is 21.3. The van der Waals surface area contributed by atoms with Crippen LogP contribution >= 0.6 is 11.8 Å².